The van der Waals surface area contributed by atoms with Crippen molar-refractivity contribution in [3.63, 3.8) is 0 Å². The molecular formula is C9H14O2. The van der Waals surface area contributed by atoms with Gasteiger partial charge in [0.1, 0.15) is 18.1 Å². The van der Waals surface area contributed by atoms with Crippen LogP contribution in [0.5, 0.6) is 0 Å². The summed E-state index contributed by atoms with van der Waals surface area (Å²) in [5.41, 5.74) is -0.0117. The minimum absolute atomic E-state index is 0.0117. The standard InChI is InChI=1S/C9H14O2/c1-9(2,3)8-6-7(10)4-5-11-8/h4,6,10H,5H2,1-3H3. The third-order valence-electron chi connectivity index (χ3n) is 1.55. The van der Waals surface area contributed by atoms with Crippen LogP contribution in [0, 0.1) is 5.41 Å². The van der Waals surface area contributed by atoms with Crippen molar-refractivity contribution in [2.24, 2.45) is 5.41 Å². The van der Waals surface area contributed by atoms with Gasteiger partial charge in [0, 0.05) is 11.5 Å². The van der Waals surface area contributed by atoms with E-state index >= 15 is 0 Å². The van der Waals surface area contributed by atoms with Crippen molar-refractivity contribution >= 4 is 0 Å². The Bertz CT molecular complexity index is 206. The van der Waals surface area contributed by atoms with Crippen molar-refractivity contribution in [3.05, 3.63) is 23.7 Å². The van der Waals surface area contributed by atoms with Gasteiger partial charge in [-0.25, -0.2) is 0 Å². The van der Waals surface area contributed by atoms with Gasteiger partial charge in [-0.05, 0) is 6.08 Å². The van der Waals surface area contributed by atoms with Crippen LogP contribution in [0.2, 0.25) is 0 Å². The van der Waals surface area contributed by atoms with Gasteiger partial charge >= 0.3 is 0 Å². The molecule has 0 atom stereocenters. The number of aliphatic hydroxyl groups is 1. The zero-order valence-corrected chi connectivity index (χ0v) is 7.22. The summed E-state index contributed by atoms with van der Waals surface area (Å²) in [6.45, 7) is 6.64. The Hall–Kier alpha value is -0.920. The first-order valence-corrected chi connectivity index (χ1v) is 3.74. The summed E-state index contributed by atoms with van der Waals surface area (Å²) in [4.78, 5) is 0. The predicted octanol–water partition coefficient (Wildman–Crippen LogP) is 2.39. The third-order valence-corrected chi connectivity index (χ3v) is 1.55. The summed E-state index contributed by atoms with van der Waals surface area (Å²) in [6.07, 6.45) is 3.32. The van der Waals surface area contributed by atoms with Crippen molar-refractivity contribution in [3.8, 4) is 0 Å². The van der Waals surface area contributed by atoms with Gasteiger partial charge in [-0.1, -0.05) is 20.8 Å². The highest BCUT2D eigenvalue weighted by Crippen LogP contribution is 2.28. The molecule has 1 aliphatic heterocycles. The van der Waals surface area contributed by atoms with Crippen LogP contribution in [0.4, 0.5) is 0 Å². The number of aliphatic hydroxyl groups excluding tert-OH is 1. The molecular weight excluding hydrogens is 140 g/mol. The average molecular weight is 154 g/mol. The molecule has 0 bridgehead atoms. The monoisotopic (exact) mass is 154 g/mol. The summed E-state index contributed by atoms with van der Waals surface area (Å²) < 4.78 is 5.34. The van der Waals surface area contributed by atoms with Gasteiger partial charge in [-0.15, -0.1) is 0 Å². The molecule has 0 radical (unpaired) electrons. The second kappa shape index (κ2) is 2.61. The van der Waals surface area contributed by atoms with E-state index in [-0.39, 0.29) is 5.41 Å². The van der Waals surface area contributed by atoms with Crippen LogP contribution in [0.25, 0.3) is 0 Å². The van der Waals surface area contributed by atoms with Crippen LogP contribution in [-0.4, -0.2) is 11.7 Å². The average Bonchev–Trinajstić information content (AvgIpc) is 1.86. The topological polar surface area (TPSA) is 29.5 Å². The minimum Gasteiger partial charge on any atom is -0.508 e. The summed E-state index contributed by atoms with van der Waals surface area (Å²) in [6, 6.07) is 0. The van der Waals surface area contributed by atoms with Crippen LogP contribution >= 0.6 is 0 Å². The largest absolute Gasteiger partial charge is 0.508 e. The Morgan fingerprint density at radius 1 is 1.45 bits per heavy atom. The Morgan fingerprint density at radius 2 is 2.09 bits per heavy atom. The molecule has 0 aromatic heterocycles. The maximum absolute atomic E-state index is 9.15. The number of hydrogen-bond donors (Lipinski definition) is 1. The van der Waals surface area contributed by atoms with E-state index in [0.717, 1.165) is 5.76 Å². The van der Waals surface area contributed by atoms with E-state index in [4.69, 9.17) is 9.84 Å². The second-order valence-corrected chi connectivity index (χ2v) is 3.70. The SMILES string of the molecule is CC(C)(C)C1=CC(O)=CCO1. The van der Waals surface area contributed by atoms with Gasteiger partial charge in [0.25, 0.3) is 0 Å². The maximum atomic E-state index is 9.15. The van der Waals surface area contributed by atoms with Gasteiger partial charge < -0.3 is 9.84 Å². The molecule has 2 heteroatoms. The predicted molar refractivity (Wildman–Crippen MR) is 44.2 cm³/mol. The highest BCUT2D eigenvalue weighted by Gasteiger charge is 2.20. The molecule has 62 valence electrons. The van der Waals surface area contributed by atoms with E-state index < -0.39 is 0 Å². The molecule has 0 aromatic carbocycles. The maximum Gasteiger partial charge on any atom is 0.118 e. The number of allylic oxidation sites excluding steroid dienone is 2. The molecule has 0 fully saturated rings. The lowest BCUT2D eigenvalue weighted by Gasteiger charge is -2.24. The lowest BCUT2D eigenvalue weighted by molar-refractivity contribution is 0.165. The first-order chi connectivity index (χ1) is 5.00. The lowest BCUT2D eigenvalue weighted by atomic mass is 9.93. The smallest absolute Gasteiger partial charge is 0.118 e. The molecule has 0 saturated carbocycles. The normalized spacial score (nSPS) is 18.5. The molecule has 0 unspecified atom stereocenters. The number of rotatable bonds is 0. The Balaban J connectivity index is 2.82. The van der Waals surface area contributed by atoms with Gasteiger partial charge in [0.05, 0.1) is 0 Å². The Morgan fingerprint density at radius 3 is 2.45 bits per heavy atom. The van der Waals surface area contributed by atoms with Crippen molar-refractivity contribution in [2.75, 3.05) is 6.61 Å². The second-order valence-electron chi connectivity index (χ2n) is 3.70. The molecule has 1 N–H and O–H groups in total. The number of hydrogen-bond acceptors (Lipinski definition) is 2. The van der Waals surface area contributed by atoms with E-state index in [1.165, 1.54) is 0 Å². The number of ether oxygens (including phenoxy) is 1. The first kappa shape index (κ1) is 8.18. The zero-order chi connectivity index (χ0) is 8.48. The van der Waals surface area contributed by atoms with E-state index in [2.05, 4.69) is 20.8 Å². The molecule has 1 rings (SSSR count). The quantitative estimate of drug-likeness (QED) is 0.580. The van der Waals surface area contributed by atoms with Crippen LogP contribution in [0.3, 0.4) is 0 Å². The van der Waals surface area contributed by atoms with Crippen molar-refractivity contribution in [1.82, 2.24) is 0 Å². The van der Waals surface area contributed by atoms with Gasteiger partial charge in [0.2, 0.25) is 0 Å². The van der Waals surface area contributed by atoms with Crippen LogP contribution in [-0.2, 0) is 4.74 Å². The molecule has 1 aliphatic rings. The van der Waals surface area contributed by atoms with Gasteiger partial charge in [0.15, 0.2) is 0 Å². The minimum atomic E-state index is -0.0117. The van der Waals surface area contributed by atoms with Gasteiger partial charge in [-0.2, -0.15) is 0 Å². The van der Waals surface area contributed by atoms with E-state index in [9.17, 15) is 0 Å². The van der Waals surface area contributed by atoms with Gasteiger partial charge in [-0.3, -0.25) is 0 Å². The molecule has 0 spiro atoms. The van der Waals surface area contributed by atoms with E-state index in [0.29, 0.717) is 12.4 Å². The van der Waals surface area contributed by atoms with E-state index in [1.807, 2.05) is 0 Å². The first-order valence-electron chi connectivity index (χ1n) is 3.74. The van der Waals surface area contributed by atoms with Crippen LogP contribution < -0.4 is 0 Å². The van der Waals surface area contributed by atoms with Crippen LogP contribution in [0.15, 0.2) is 23.7 Å². The molecule has 2 nitrogen and oxygen atoms in total. The third kappa shape index (κ3) is 2.00. The summed E-state index contributed by atoms with van der Waals surface area (Å²) in [5, 5.41) is 9.15. The fourth-order valence-electron chi connectivity index (χ4n) is 0.885. The molecule has 11 heavy (non-hydrogen) atoms. The fraction of sp³-hybridized carbons (Fsp3) is 0.556. The lowest BCUT2D eigenvalue weighted by Crippen LogP contribution is -2.15. The highest BCUT2D eigenvalue weighted by atomic mass is 16.5. The molecule has 1 heterocycles. The molecule has 0 aliphatic carbocycles. The highest BCUT2D eigenvalue weighted by molar-refractivity contribution is 5.20. The summed E-state index contributed by atoms with van der Waals surface area (Å²) in [5.74, 6) is 1.15. The Kier molecular flexibility index (Phi) is 1.94. The molecule has 0 amide bonds. The van der Waals surface area contributed by atoms with Crippen molar-refractivity contribution < 1.29 is 9.84 Å². The van der Waals surface area contributed by atoms with Crippen LogP contribution in [0.1, 0.15) is 20.8 Å². The Labute approximate surface area is 67.2 Å². The molecule has 0 saturated heterocycles. The summed E-state index contributed by atoms with van der Waals surface area (Å²) >= 11 is 0. The fourth-order valence-corrected chi connectivity index (χ4v) is 0.885. The molecule has 0 aromatic rings. The van der Waals surface area contributed by atoms with Crippen molar-refractivity contribution in [2.45, 2.75) is 20.8 Å². The van der Waals surface area contributed by atoms with Crippen molar-refractivity contribution in [1.29, 1.82) is 0 Å². The van der Waals surface area contributed by atoms with E-state index in [1.54, 1.807) is 12.2 Å². The summed E-state index contributed by atoms with van der Waals surface area (Å²) in [7, 11) is 0. The zero-order valence-electron chi connectivity index (χ0n) is 7.22.